The van der Waals surface area contributed by atoms with Gasteiger partial charge in [0.2, 0.25) is 0 Å². The highest BCUT2D eigenvalue weighted by Crippen LogP contribution is 2.25. The molecule has 3 aromatic carbocycles. The smallest absolute Gasteiger partial charge is 0.261 e. The number of carbonyl (C=O) groups excluding carboxylic acids is 3. The van der Waals surface area contributed by atoms with Crippen LogP contribution in [0.4, 0.5) is 5.69 Å². The molecule has 0 atom stereocenters. The highest BCUT2D eigenvalue weighted by molar-refractivity contribution is 7.98. The number of carbonyl (C=O) groups is 3. The lowest BCUT2D eigenvalue weighted by Gasteiger charge is -2.14. The van der Waals surface area contributed by atoms with Gasteiger partial charge in [0.05, 0.1) is 17.7 Å². The molecule has 3 aromatic rings. The van der Waals surface area contributed by atoms with Gasteiger partial charge in [-0.2, -0.15) is 0 Å². The molecule has 5 nitrogen and oxygen atoms in total. The molecule has 0 aliphatic carbocycles. The average Bonchev–Trinajstić information content (AvgIpc) is 2.99. The molecule has 144 valence electrons. The molecule has 4 rings (SSSR count). The number of amides is 3. The fourth-order valence-electron chi connectivity index (χ4n) is 3.28. The summed E-state index contributed by atoms with van der Waals surface area (Å²) in [7, 11) is 0. The minimum absolute atomic E-state index is 0.120. The maximum absolute atomic E-state index is 12.6. The highest BCUT2D eigenvalue weighted by atomic mass is 32.2. The van der Waals surface area contributed by atoms with E-state index in [-0.39, 0.29) is 24.3 Å². The van der Waals surface area contributed by atoms with E-state index in [2.05, 4.69) is 5.32 Å². The van der Waals surface area contributed by atoms with Gasteiger partial charge in [-0.15, -0.1) is 11.8 Å². The van der Waals surface area contributed by atoms with Crippen molar-refractivity contribution in [3.63, 3.8) is 0 Å². The lowest BCUT2D eigenvalue weighted by atomic mass is 10.1. The number of rotatable bonds is 5. The summed E-state index contributed by atoms with van der Waals surface area (Å²) in [6.07, 6.45) is 1.98. The van der Waals surface area contributed by atoms with E-state index >= 15 is 0 Å². The summed E-state index contributed by atoms with van der Waals surface area (Å²) in [5.74, 6) is -0.865. The van der Waals surface area contributed by atoms with Gasteiger partial charge in [0.25, 0.3) is 17.7 Å². The second-order valence-corrected chi connectivity index (χ2v) is 7.51. The fourth-order valence-corrected chi connectivity index (χ4v) is 3.74. The third kappa shape index (κ3) is 3.79. The molecule has 0 saturated heterocycles. The van der Waals surface area contributed by atoms with E-state index in [9.17, 15) is 14.4 Å². The Morgan fingerprint density at radius 3 is 2.28 bits per heavy atom. The van der Waals surface area contributed by atoms with Crippen LogP contribution in [0.2, 0.25) is 0 Å². The molecular weight excluding hydrogens is 384 g/mol. The summed E-state index contributed by atoms with van der Waals surface area (Å²) >= 11 is 1.60. The van der Waals surface area contributed by atoms with Gasteiger partial charge >= 0.3 is 0 Å². The van der Waals surface area contributed by atoms with Crippen molar-refractivity contribution in [2.24, 2.45) is 0 Å². The second-order valence-electron chi connectivity index (χ2n) is 6.63. The maximum atomic E-state index is 12.6. The van der Waals surface area contributed by atoms with Crippen molar-refractivity contribution in [3.8, 4) is 0 Å². The Bertz CT molecular complexity index is 1090. The predicted octanol–water partition coefficient (Wildman–Crippen LogP) is 4.46. The molecule has 0 saturated carbocycles. The molecule has 0 unspecified atom stereocenters. The Morgan fingerprint density at radius 2 is 1.59 bits per heavy atom. The topological polar surface area (TPSA) is 66.5 Å². The van der Waals surface area contributed by atoms with Crippen LogP contribution in [-0.4, -0.2) is 28.9 Å². The zero-order valence-electron chi connectivity index (χ0n) is 15.7. The molecule has 1 aliphatic heterocycles. The van der Waals surface area contributed by atoms with Crippen molar-refractivity contribution in [1.29, 1.82) is 0 Å². The lowest BCUT2D eigenvalue weighted by molar-refractivity contribution is 0.0642. The molecule has 1 aliphatic rings. The molecule has 6 heteroatoms. The summed E-state index contributed by atoms with van der Waals surface area (Å²) in [5.41, 5.74) is 2.73. The number of nitrogens with zero attached hydrogens (tertiary/aromatic N) is 1. The van der Waals surface area contributed by atoms with Crippen LogP contribution in [0.25, 0.3) is 0 Å². The Morgan fingerprint density at radius 1 is 0.897 bits per heavy atom. The largest absolute Gasteiger partial charge is 0.322 e. The average molecular weight is 402 g/mol. The van der Waals surface area contributed by atoms with Gasteiger partial charge in [-0.25, -0.2) is 0 Å². The van der Waals surface area contributed by atoms with Crippen molar-refractivity contribution >= 4 is 35.2 Å². The van der Waals surface area contributed by atoms with Crippen LogP contribution in [0.1, 0.15) is 36.6 Å². The van der Waals surface area contributed by atoms with E-state index in [1.807, 2.05) is 30.5 Å². The minimum Gasteiger partial charge on any atom is -0.322 e. The minimum atomic E-state index is -0.311. The Kier molecular flexibility index (Phi) is 5.18. The van der Waals surface area contributed by atoms with E-state index in [4.69, 9.17) is 0 Å². The number of fused-ring (bicyclic) bond motifs is 1. The SMILES string of the molecule is CSc1cccc(NC(=O)c2cccc(CN3C(=O)c4ccccc4C3=O)c2)c1. The molecule has 0 aromatic heterocycles. The van der Waals surface area contributed by atoms with Gasteiger partial charge in [-0.1, -0.05) is 30.3 Å². The Labute approximate surface area is 172 Å². The molecule has 0 fully saturated rings. The monoisotopic (exact) mass is 402 g/mol. The molecule has 1 heterocycles. The molecule has 3 amide bonds. The molecule has 29 heavy (non-hydrogen) atoms. The van der Waals surface area contributed by atoms with Crippen LogP contribution in [0.5, 0.6) is 0 Å². The Hall–Kier alpha value is -3.38. The number of benzene rings is 3. The molecule has 1 N–H and O–H groups in total. The van der Waals surface area contributed by atoms with Crippen LogP contribution in [0.15, 0.2) is 77.7 Å². The van der Waals surface area contributed by atoms with Gasteiger partial charge in [0, 0.05) is 16.1 Å². The number of hydrogen-bond donors (Lipinski definition) is 1. The van der Waals surface area contributed by atoms with Crippen molar-refractivity contribution < 1.29 is 14.4 Å². The van der Waals surface area contributed by atoms with Crippen LogP contribution in [0, 0.1) is 0 Å². The first-order valence-electron chi connectivity index (χ1n) is 9.06. The summed E-state index contributed by atoms with van der Waals surface area (Å²) in [6, 6.07) is 21.4. The van der Waals surface area contributed by atoms with Crippen LogP contribution in [0.3, 0.4) is 0 Å². The summed E-state index contributed by atoms with van der Waals surface area (Å²) in [4.78, 5) is 40.0. The first-order valence-corrected chi connectivity index (χ1v) is 10.3. The first kappa shape index (κ1) is 19.0. The van der Waals surface area contributed by atoms with Gasteiger partial charge in [0.1, 0.15) is 0 Å². The zero-order valence-corrected chi connectivity index (χ0v) is 16.5. The zero-order chi connectivity index (χ0) is 20.4. The lowest BCUT2D eigenvalue weighted by Crippen LogP contribution is -2.29. The van der Waals surface area contributed by atoms with E-state index in [1.165, 1.54) is 4.90 Å². The third-order valence-corrected chi connectivity index (χ3v) is 5.46. The summed E-state index contributed by atoms with van der Waals surface area (Å²) in [6.45, 7) is 0.120. The summed E-state index contributed by atoms with van der Waals surface area (Å²) in [5, 5.41) is 2.89. The van der Waals surface area contributed by atoms with Crippen molar-refractivity contribution in [1.82, 2.24) is 4.90 Å². The van der Waals surface area contributed by atoms with Crippen LogP contribution < -0.4 is 5.32 Å². The predicted molar refractivity (Wildman–Crippen MR) is 113 cm³/mol. The van der Waals surface area contributed by atoms with Crippen LogP contribution in [-0.2, 0) is 6.54 Å². The fraction of sp³-hybridized carbons (Fsp3) is 0.0870. The van der Waals surface area contributed by atoms with E-state index in [1.54, 1.807) is 60.3 Å². The van der Waals surface area contributed by atoms with E-state index in [0.29, 0.717) is 27.9 Å². The molecule has 0 radical (unpaired) electrons. The quantitative estimate of drug-likeness (QED) is 0.506. The maximum Gasteiger partial charge on any atom is 0.261 e. The number of imide groups is 1. The van der Waals surface area contributed by atoms with E-state index < -0.39 is 0 Å². The molecular formula is C23H18N2O3S. The Balaban J connectivity index is 1.51. The van der Waals surface area contributed by atoms with Crippen molar-refractivity contribution in [2.75, 3.05) is 11.6 Å². The molecule has 0 bridgehead atoms. The summed E-state index contributed by atoms with van der Waals surface area (Å²) < 4.78 is 0. The standard InChI is InChI=1S/C23H18N2O3S/c1-29-18-9-5-8-17(13-18)24-21(26)16-7-4-6-15(12-16)14-25-22(27)19-10-2-3-11-20(19)23(25)28/h2-13H,14H2,1H3,(H,24,26). The number of hydrogen-bond acceptors (Lipinski definition) is 4. The van der Waals surface area contributed by atoms with Gasteiger partial charge in [-0.3, -0.25) is 19.3 Å². The van der Waals surface area contributed by atoms with Crippen LogP contribution >= 0.6 is 11.8 Å². The molecule has 0 spiro atoms. The number of thioether (sulfide) groups is 1. The normalized spacial score (nSPS) is 12.8. The highest BCUT2D eigenvalue weighted by Gasteiger charge is 2.34. The van der Waals surface area contributed by atoms with Gasteiger partial charge < -0.3 is 5.32 Å². The third-order valence-electron chi connectivity index (χ3n) is 4.74. The van der Waals surface area contributed by atoms with E-state index in [0.717, 1.165) is 4.90 Å². The van der Waals surface area contributed by atoms with Gasteiger partial charge in [-0.05, 0) is 54.3 Å². The van der Waals surface area contributed by atoms with Crippen molar-refractivity contribution in [2.45, 2.75) is 11.4 Å². The number of nitrogens with one attached hydrogen (secondary N) is 1. The number of anilines is 1. The van der Waals surface area contributed by atoms with Gasteiger partial charge in [0.15, 0.2) is 0 Å². The van der Waals surface area contributed by atoms with Crippen molar-refractivity contribution in [3.05, 3.63) is 95.1 Å². The second kappa shape index (κ2) is 7.93. The first-order chi connectivity index (χ1) is 14.1.